The predicted octanol–water partition coefficient (Wildman–Crippen LogP) is 13.0. The van der Waals surface area contributed by atoms with E-state index in [2.05, 4.69) is 198 Å². The number of anilines is 3. The fourth-order valence-corrected chi connectivity index (χ4v) is 7.87. The van der Waals surface area contributed by atoms with Crippen molar-refractivity contribution in [3.05, 3.63) is 150 Å². The number of ether oxygens (including phenoxy) is 1. The van der Waals surface area contributed by atoms with Gasteiger partial charge >= 0.3 is 0 Å². The van der Waals surface area contributed by atoms with Crippen molar-refractivity contribution in [3.8, 4) is 17.3 Å². The van der Waals surface area contributed by atoms with Crippen LogP contribution in [0.4, 0.5) is 17.1 Å². The van der Waals surface area contributed by atoms with Gasteiger partial charge in [0.15, 0.2) is 0 Å². The van der Waals surface area contributed by atoms with E-state index in [1.165, 1.54) is 44.4 Å². The molecule has 0 bridgehead atoms. The molecular weight excluding hydrogens is 661 g/mol. The summed E-state index contributed by atoms with van der Waals surface area (Å²) in [6.07, 6.45) is 1.93. The van der Waals surface area contributed by atoms with Crippen LogP contribution < -0.4 is 14.5 Å². The monoisotopic (exact) mass is 712 g/mol. The van der Waals surface area contributed by atoms with Gasteiger partial charge in [-0.25, -0.2) is 4.98 Å². The third-order valence-electron chi connectivity index (χ3n) is 10.8. The summed E-state index contributed by atoms with van der Waals surface area (Å²) in [6.45, 7) is 22.0. The maximum atomic E-state index is 6.88. The first kappa shape index (κ1) is 35.5. The van der Waals surface area contributed by atoms with Gasteiger partial charge in [0, 0.05) is 41.3 Å². The van der Waals surface area contributed by atoms with Gasteiger partial charge < -0.3 is 14.5 Å². The van der Waals surface area contributed by atoms with Gasteiger partial charge in [-0.15, -0.1) is 0 Å². The van der Waals surface area contributed by atoms with Crippen LogP contribution in [0.3, 0.4) is 0 Å². The van der Waals surface area contributed by atoms with Crippen molar-refractivity contribution in [2.45, 2.75) is 85.1 Å². The quantitative estimate of drug-likeness (QED) is 0.172. The number of pyridine rings is 1. The molecule has 0 aliphatic carbocycles. The SMILES string of the molecule is CC(C)(C)c1cc(Oc2ccc3c4ccccc4n(-c4cc(C(C)(C)C)ccn4)c3c2)cc(N2CN(Cc3ccccc3C(C)(C)C)c3ccccc32)c1. The van der Waals surface area contributed by atoms with Crippen LogP contribution in [-0.4, -0.2) is 16.2 Å². The number of benzene rings is 5. The predicted molar refractivity (Wildman–Crippen MR) is 227 cm³/mol. The summed E-state index contributed by atoms with van der Waals surface area (Å²) in [5.74, 6) is 2.52. The van der Waals surface area contributed by atoms with Gasteiger partial charge in [-0.1, -0.05) is 117 Å². The molecule has 0 saturated heterocycles. The van der Waals surface area contributed by atoms with E-state index in [1.807, 2.05) is 6.20 Å². The molecule has 1 aliphatic rings. The van der Waals surface area contributed by atoms with Crippen LogP contribution in [0.2, 0.25) is 0 Å². The molecule has 3 heterocycles. The summed E-state index contributed by atoms with van der Waals surface area (Å²) < 4.78 is 9.15. The molecule has 0 fully saturated rings. The fraction of sp³-hybridized carbons (Fsp3) is 0.286. The van der Waals surface area contributed by atoms with Gasteiger partial charge in [0.2, 0.25) is 0 Å². The fourth-order valence-electron chi connectivity index (χ4n) is 7.87. The van der Waals surface area contributed by atoms with Gasteiger partial charge in [0.05, 0.1) is 29.1 Å². The van der Waals surface area contributed by atoms with Crippen molar-refractivity contribution >= 4 is 38.9 Å². The second-order valence-electron chi connectivity index (χ2n) is 17.9. The lowest BCUT2D eigenvalue weighted by Gasteiger charge is -2.28. The highest BCUT2D eigenvalue weighted by atomic mass is 16.5. The Balaban J connectivity index is 1.19. The highest BCUT2D eigenvalue weighted by Gasteiger charge is 2.30. The molecule has 0 atom stereocenters. The molecule has 2 aromatic heterocycles. The van der Waals surface area contributed by atoms with Gasteiger partial charge in [0.1, 0.15) is 17.3 Å². The van der Waals surface area contributed by atoms with Gasteiger partial charge in [0.25, 0.3) is 0 Å². The molecule has 1 aliphatic heterocycles. The van der Waals surface area contributed by atoms with Crippen molar-refractivity contribution in [2.24, 2.45) is 0 Å². The zero-order valence-electron chi connectivity index (χ0n) is 33.2. The standard InChI is InChI=1S/C49H52N4O/c1-47(2,3)34-24-25-50-46(28-34)53-42-19-13-11-17-39(42)40-23-22-37(30-45(40)53)54-38-27-35(48(4,5)6)26-36(29-38)52-32-51(43-20-14-15-21-44(43)52)31-33-16-10-12-18-41(33)49(7,8)9/h10-30H,31-32H2,1-9H3. The van der Waals surface area contributed by atoms with Gasteiger partial charge in [-0.3, -0.25) is 4.57 Å². The lowest BCUT2D eigenvalue weighted by atomic mass is 9.83. The van der Waals surface area contributed by atoms with E-state index in [-0.39, 0.29) is 16.2 Å². The minimum absolute atomic E-state index is 0.00427. The van der Waals surface area contributed by atoms with E-state index in [0.717, 1.165) is 47.3 Å². The molecule has 54 heavy (non-hydrogen) atoms. The molecule has 5 nitrogen and oxygen atoms in total. The molecule has 0 saturated carbocycles. The molecule has 5 heteroatoms. The minimum atomic E-state index is -0.0845. The van der Waals surface area contributed by atoms with E-state index < -0.39 is 0 Å². The summed E-state index contributed by atoms with van der Waals surface area (Å²) in [5.41, 5.74) is 11.0. The maximum absolute atomic E-state index is 6.88. The Hall–Kier alpha value is -5.55. The molecule has 0 spiro atoms. The highest BCUT2D eigenvalue weighted by molar-refractivity contribution is 6.09. The molecular formula is C49H52N4O. The van der Waals surface area contributed by atoms with Crippen LogP contribution in [0.5, 0.6) is 11.5 Å². The number of hydrogen-bond donors (Lipinski definition) is 0. The third-order valence-corrected chi connectivity index (χ3v) is 10.8. The molecule has 7 aromatic rings. The Kier molecular flexibility index (Phi) is 8.60. The third kappa shape index (κ3) is 6.61. The van der Waals surface area contributed by atoms with Crippen LogP contribution in [0, 0.1) is 0 Å². The van der Waals surface area contributed by atoms with E-state index in [9.17, 15) is 0 Å². The zero-order chi connectivity index (χ0) is 38.0. The first-order valence-corrected chi connectivity index (χ1v) is 19.2. The molecule has 0 unspecified atom stereocenters. The second kappa shape index (κ2) is 13.1. The van der Waals surface area contributed by atoms with Crippen LogP contribution in [0.1, 0.15) is 84.6 Å². The molecule has 8 rings (SSSR count). The van der Waals surface area contributed by atoms with E-state index in [1.54, 1.807) is 0 Å². The van der Waals surface area contributed by atoms with E-state index in [4.69, 9.17) is 9.72 Å². The van der Waals surface area contributed by atoms with E-state index >= 15 is 0 Å². The van der Waals surface area contributed by atoms with Crippen molar-refractivity contribution in [2.75, 3.05) is 16.5 Å². The highest BCUT2D eigenvalue weighted by Crippen LogP contribution is 2.45. The summed E-state index contributed by atoms with van der Waals surface area (Å²) in [5, 5.41) is 2.37. The Morgan fingerprint density at radius 2 is 1.26 bits per heavy atom. The largest absolute Gasteiger partial charge is 0.457 e. The van der Waals surface area contributed by atoms with Gasteiger partial charge in [-0.2, -0.15) is 0 Å². The van der Waals surface area contributed by atoms with E-state index in [0.29, 0.717) is 0 Å². The van der Waals surface area contributed by atoms with Crippen LogP contribution in [0.15, 0.2) is 128 Å². The summed E-state index contributed by atoms with van der Waals surface area (Å²) in [6, 6.07) is 43.8. The topological polar surface area (TPSA) is 33.5 Å². The Morgan fingerprint density at radius 1 is 0.574 bits per heavy atom. The zero-order valence-corrected chi connectivity index (χ0v) is 33.2. The summed E-state index contributed by atoms with van der Waals surface area (Å²) in [4.78, 5) is 9.82. The summed E-state index contributed by atoms with van der Waals surface area (Å²) in [7, 11) is 0. The number of hydrogen-bond acceptors (Lipinski definition) is 4. The smallest absolute Gasteiger partial charge is 0.137 e. The van der Waals surface area contributed by atoms with Crippen LogP contribution in [0.25, 0.3) is 27.6 Å². The Bertz CT molecular complexity index is 2510. The normalized spacial score (nSPS) is 13.6. The maximum Gasteiger partial charge on any atom is 0.137 e. The molecule has 0 N–H and O–H groups in total. The van der Waals surface area contributed by atoms with Crippen LogP contribution in [-0.2, 0) is 22.8 Å². The van der Waals surface area contributed by atoms with Crippen molar-refractivity contribution < 1.29 is 4.74 Å². The number of nitrogens with zero attached hydrogens (tertiary/aromatic N) is 4. The Labute approximate surface area is 320 Å². The molecule has 0 radical (unpaired) electrons. The average Bonchev–Trinajstić information content (AvgIpc) is 3.66. The average molecular weight is 713 g/mol. The number of rotatable bonds is 6. The van der Waals surface area contributed by atoms with Crippen molar-refractivity contribution in [1.82, 2.24) is 9.55 Å². The summed E-state index contributed by atoms with van der Waals surface area (Å²) >= 11 is 0. The molecule has 0 amide bonds. The number of para-hydroxylation sites is 3. The lowest BCUT2D eigenvalue weighted by Crippen LogP contribution is -2.29. The molecule has 5 aromatic carbocycles. The first-order valence-electron chi connectivity index (χ1n) is 19.2. The van der Waals surface area contributed by atoms with Crippen molar-refractivity contribution in [3.63, 3.8) is 0 Å². The Morgan fingerprint density at radius 3 is 2.02 bits per heavy atom. The van der Waals surface area contributed by atoms with Crippen LogP contribution >= 0.6 is 0 Å². The minimum Gasteiger partial charge on any atom is -0.457 e. The van der Waals surface area contributed by atoms with Gasteiger partial charge in [-0.05, 0) is 93.1 Å². The molecule has 274 valence electrons. The second-order valence-corrected chi connectivity index (χ2v) is 17.9. The number of aromatic nitrogens is 2. The first-order chi connectivity index (χ1) is 25.6. The lowest BCUT2D eigenvalue weighted by molar-refractivity contribution is 0.479. The number of fused-ring (bicyclic) bond motifs is 4. The van der Waals surface area contributed by atoms with Crippen molar-refractivity contribution in [1.29, 1.82) is 0 Å².